The third-order valence-corrected chi connectivity index (χ3v) is 8.04. The van der Waals surface area contributed by atoms with E-state index in [0.29, 0.717) is 24.5 Å². The largest absolute Gasteiger partial charge is 0.355 e. The number of rotatable bonds is 5. The van der Waals surface area contributed by atoms with Gasteiger partial charge in [0.15, 0.2) is 0 Å². The average molecular weight is 470 g/mol. The van der Waals surface area contributed by atoms with Gasteiger partial charge in [0.2, 0.25) is 11.8 Å². The highest BCUT2D eigenvalue weighted by Gasteiger charge is 2.46. The zero-order valence-corrected chi connectivity index (χ0v) is 20.8. The molecule has 1 saturated carbocycles. The van der Waals surface area contributed by atoms with Crippen LogP contribution in [0, 0.1) is 23.2 Å². The first-order chi connectivity index (χ1) is 16.9. The van der Waals surface area contributed by atoms with E-state index in [-0.39, 0.29) is 24.2 Å². The summed E-state index contributed by atoms with van der Waals surface area (Å²) in [7, 11) is 0. The Morgan fingerprint density at radius 1 is 1.00 bits per heavy atom. The van der Waals surface area contributed by atoms with Gasteiger partial charge in [0, 0.05) is 49.1 Å². The number of benzene rings is 2. The lowest BCUT2D eigenvalue weighted by molar-refractivity contribution is -0.129. The fourth-order valence-corrected chi connectivity index (χ4v) is 5.77. The minimum Gasteiger partial charge on any atom is -0.355 e. The van der Waals surface area contributed by atoms with Crippen LogP contribution in [0.25, 0.3) is 0 Å². The molecular weight excluding hydrogens is 434 g/mol. The van der Waals surface area contributed by atoms with Crippen LogP contribution < -0.4 is 10.2 Å². The summed E-state index contributed by atoms with van der Waals surface area (Å²) in [5.74, 6) is 6.67. The van der Waals surface area contributed by atoms with Crippen molar-refractivity contribution in [3.05, 3.63) is 65.2 Å². The van der Waals surface area contributed by atoms with Crippen LogP contribution >= 0.6 is 0 Å². The Hall–Kier alpha value is -3.10. The summed E-state index contributed by atoms with van der Waals surface area (Å²) >= 11 is 0. The molecule has 1 aliphatic carbocycles. The van der Waals surface area contributed by atoms with E-state index in [4.69, 9.17) is 0 Å². The third-order valence-electron chi connectivity index (χ3n) is 8.04. The number of para-hydroxylation sites is 1. The Bertz CT molecular complexity index is 1160. The SMILES string of the molecule is CC(C)N1CC2(CCC(C(=O)NCCC(=O)N3Cc4ccccc4C#Cc4ccccc43)CC2)C1. The van der Waals surface area contributed by atoms with E-state index < -0.39 is 0 Å². The number of hydrogen-bond acceptors (Lipinski definition) is 3. The van der Waals surface area contributed by atoms with Crippen molar-refractivity contribution in [1.29, 1.82) is 0 Å². The summed E-state index contributed by atoms with van der Waals surface area (Å²) in [6.07, 6.45) is 4.47. The number of likely N-dealkylation sites (tertiary alicyclic amines) is 1. The fourth-order valence-electron chi connectivity index (χ4n) is 5.77. The van der Waals surface area contributed by atoms with E-state index in [1.165, 1.54) is 13.1 Å². The molecule has 2 heterocycles. The van der Waals surface area contributed by atoms with Crippen LogP contribution in [-0.4, -0.2) is 42.4 Å². The second-order valence-electron chi connectivity index (χ2n) is 10.7. The summed E-state index contributed by atoms with van der Waals surface area (Å²) in [6.45, 7) is 7.71. The van der Waals surface area contributed by atoms with E-state index in [1.54, 1.807) is 0 Å². The van der Waals surface area contributed by atoms with E-state index in [9.17, 15) is 9.59 Å². The molecule has 35 heavy (non-hydrogen) atoms. The number of nitrogens with one attached hydrogen (secondary N) is 1. The Morgan fingerprint density at radius 3 is 2.40 bits per heavy atom. The van der Waals surface area contributed by atoms with E-state index in [2.05, 4.69) is 35.9 Å². The number of anilines is 1. The highest BCUT2D eigenvalue weighted by molar-refractivity contribution is 5.95. The van der Waals surface area contributed by atoms with Crippen LogP contribution in [0.4, 0.5) is 5.69 Å². The molecule has 2 aromatic rings. The zero-order valence-electron chi connectivity index (χ0n) is 20.8. The van der Waals surface area contributed by atoms with E-state index in [1.807, 2.05) is 53.4 Å². The molecule has 2 aromatic carbocycles. The molecule has 5 nitrogen and oxygen atoms in total. The zero-order chi connectivity index (χ0) is 24.4. The van der Waals surface area contributed by atoms with Gasteiger partial charge in [-0.15, -0.1) is 0 Å². The molecule has 3 aliphatic rings. The first-order valence-electron chi connectivity index (χ1n) is 13.0. The maximum Gasteiger partial charge on any atom is 0.229 e. The molecule has 0 aromatic heterocycles. The standard InChI is InChI=1S/C30H35N3O2/c1-22(2)32-20-30(21-32)16-13-25(14-17-30)29(35)31-18-15-28(34)33-19-26-9-4-3-7-23(26)11-12-24-8-5-6-10-27(24)33/h3-10,22,25H,13-21H2,1-2H3,(H,31,35). The molecule has 0 unspecified atom stereocenters. The van der Waals surface area contributed by atoms with Gasteiger partial charge in [0.1, 0.15) is 0 Å². The smallest absolute Gasteiger partial charge is 0.229 e. The molecule has 5 rings (SSSR count). The number of nitrogens with zero attached hydrogens (tertiary/aromatic N) is 2. The highest BCUT2D eigenvalue weighted by atomic mass is 16.2. The Balaban J connectivity index is 1.17. The maximum atomic E-state index is 13.3. The number of carbonyl (C=O) groups excluding carboxylic acids is 2. The van der Waals surface area contributed by atoms with Crippen LogP contribution in [0.2, 0.25) is 0 Å². The summed E-state index contributed by atoms with van der Waals surface area (Å²) < 4.78 is 0. The van der Waals surface area contributed by atoms with Crippen molar-refractivity contribution in [1.82, 2.24) is 10.2 Å². The van der Waals surface area contributed by atoms with Crippen molar-refractivity contribution in [2.24, 2.45) is 11.3 Å². The lowest BCUT2D eigenvalue weighted by Crippen LogP contribution is -2.60. The van der Waals surface area contributed by atoms with Crippen molar-refractivity contribution in [2.75, 3.05) is 24.5 Å². The molecule has 1 spiro atoms. The van der Waals surface area contributed by atoms with Crippen LogP contribution in [0.1, 0.15) is 62.6 Å². The van der Waals surface area contributed by atoms with Gasteiger partial charge in [0.25, 0.3) is 0 Å². The molecule has 0 radical (unpaired) electrons. The number of carbonyl (C=O) groups is 2. The van der Waals surface area contributed by atoms with Crippen LogP contribution in [0.5, 0.6) is 0 Å². The Labute approximate surface area is 208 Å². The third kappa shape index (κ3) is 4.99. The van der Waals surface area contributed by atoms with Crippen LogP contribution in [0.15, 0.2) is 48.5 Å². The quantitative estimate of drug-likeness (QED) is 0.663. The molecule has 5 heteroatoms. The normalized spacial score (nSPS) is 19.0. The predicted octanol–water partition coefficient (Wildman–Crippen LogP) is 4.34. The maximum absolute atomic E-state index is 13.3. The molecule has 0 atom stereocenters. The minimum atomic E-state index is 0.00194. The number of fused-ring (bicyclic) bond motifs is 2. The molecular formula is C30H35N3O2. The number of hydrogen-bond donors (Lipinski definition) is 1. The lowest BCUT2D eigenvalue weighted by atomic mass is 9.65. The monoisotopic (exact) mass is 469 g/mol. The number of amides is 2. The van der Waals surface area contributed by atoms with Gasteiger partial charge in [0.05, 0.1) is 12.2 Å². The van der Waals surface area contributed by atoms with Gasteiger partial charge in [-0.3, -0.25) is 14.5 Å². The van der Waals surface area contributed by atoms with Crippen molar-refractivity contribution in [3.8, 4) is 11.8 Å². The predicted molar refractivity (Wildman–Crippen MR) is 139 cm³/mol. The van der Waals surface area contributed by atoms with Gasteiger partial charge in [-0.1, -0.05) is 42.2 Å². The molecule has 2 amide bonds. The van der Waals surface area contributed by atoms with Crippen molar-refractivity contribution >= 4 is 17.5 Å². The van der Waals surface area contributed by atoms with Gasteiger partial charge < -0.3 is 10.2 Å². The van der Waals surface area contributed by atoms with Gasteiger partial charge >= 0.3 is 0 Å². The summed E-state index contributed by atoms with van der Waals surface area (Å²) in [5, 5.41) is 3.06. The van der Waals surface area contributed by atoms with Crippen molar-refractivity contribution < 1.29 is 9.59 Å². The second kappa shape index (κ2) is 9.87. The second-order valence-corrected chi connectivity index (χ2v) is 10.7. The Kier molecular flexibility index (Phi) is 6.67. The lowest BCUT2D eigenvalue weighted by Gasteiger charge is -2.55. The van der Waals surface area contributed by atoms with Crippen molar-refractivity contribution in [3.63, 3.8) is 0 Å². The topological polar surface area (TPSA) is 52.7 Å². The van der Waals surface area contributed by atoms with Crippen molar-refractivity contribution in [2.45, 2.75) is 58.5 Å². The van der Waals surface area contributed by atoms with Crippen LogP contribution in [0.3, 0.4) is 0 Å². The molecule has 2 fully saturated rings. The minimum absolute atomic E-state index is 0.00194. The molecule has 182 valence electrons. The average Bonchev–Trinajstić information content (AvgIpc) is 2.83. The van der Waals surface area contributed by atoms with Gasteiger partial charge in [-0.2, -0.15) is 0 Å². The molecule has 2 aliphatic heterocycles. The highest BCUT2D eigenvalue weighted by Crippen LogP contribution is 2.46. The first kappa shape index (κ1) is 23.6. The fraction of sp³-hybridized carbons (Fsp3) is 0.467. The Morgan fingerprint density at radius 2 is 1.66 bits per heavy atom. The molecule has 1 N–H and O–H groups in total. The summed E-state index contributed by atoms with van der Waals surface area (Å²) in [5.41, 5.74) is 4.11. The van der Waals surface area contributed by atoms with Crippen LogP contribution in [-0.2, 0) is 16.1 Å². The first-order valence-corrected chi connectivity index (χ1v) is 13.0. The molecule has 1 saturated heterocycles. The van der Waals surface area contributed by atoms with E-state index >= 15 is 0 Å². The van der Waals surface area contributed by atoms with Gasteiger partial charge in [-0.05, 0) is 68.7 Å². The van der Waals surface area contributed by atoms with Gasteiger partial charge in [-0.25, -0.2) is 0 Å². The summed E-state index contributed by atoms with van der Waals surface area (Å²) in [4.78, 5) is 30.5. The van der Waals surface area contributed by atoms with E-state index in [0.717, 1.165) is 48.1 Å². The summed E-state index contributed by atoms with van der Waals surface area (Å²) in [6, 6.07) is 16.4. The molecule has 0 bridgehead atoms.